The van der Waals surface area contributed by atoms with Crippen molar-refractivity contribution in [1.82, 2.24) is 25.0 Å². The lowest BCUT2D eigenvalue weighted by atomic mass is 10.2. The molecule has 7 nitrogen and oxygen atoms in total. The first-order valence-electron chi connectivity index (χ1n) is 10.00. The van der Waals surface area contributed by atoms with Crippen molar-refractivity contribution in [3.8, 4) is 11.4 Å². The summed E-state index contributed by atoms with van der Waals surface area (Å²) in [4.78, 5) is 24.5. The summed E-state index contributed by atoms with van der Waals surface area (Å²) in [5, 5.41) is 12.9. The van der Waals surface area contributed by atoms with Crippen molar-refractivity contribution < 1.29 is 9.59 Å². The van der Waals surface area contributed by atoms with Gasteiger partial charge >= 0.3 is 6.03 Å². The highest BCUT2D eigenvalue weighted by Gasteiger charge is 2.27. The van der Waals surface area contributed by atoms with Gasteiger partial charge in [0.1, 0.15) is 0 Å². The number of carbonyl (C=O) groups excluding carboxylic acids is 2. The molecule has 2 aromatic rings. The Morgan fingerprint density at radius 3 is 2.55 bits per heavy atom. The number of aromatic nitrogens is 3. The topological polar surface area (TPSA) is 80.1 Å². The number of hydrogen-bond donors (Lipinski definition) is 1. The number of urea groups is 1. The first-order valence-corrected chi connectivity index (χ1v) is 11.4. The minimum Gasteiger partial charge on any atom is -0.329 e. The smallest absolute Gasteiger partial charge is 0.324 e. The Balaban J connectivity index is 1.64. The molecule has 0 radical (unpaired) electrons. The second-order valence-corrected chi connectivity index (χ2v) is 8.43. The van der Waals surface area contributed by atoms with Crippen molar-refractivity contribution in [2.75, 3.05) is 18.8 Å². The molecular formula is C20H26ClN5O2S. The van der Waals surface area contributed by atoms with E-state index in [0.717, 1.165) is 35.3 Å². The summed E-state index contributed by atoms with van der Waals surface area (Å²) in [6.45, 7) is 3.58. The van der Waals surface area contributed by atoms with Crippen LogP contribution < -0.4 is 5.32 Å². The molecular weight excluding hydrogens is 410 g/mol. The van der Waals surface area contributed by atoms with Gasteiger partial charge in [-0.2, -0.15) is 0 Å². The first-order chi connectivity index (χ1) is 14.1. The van der Waals surface area contributed by atoms with Crippen molar-refractivity contribution >= 4 is 35.3 Å². The molecule has 0 spiro atoms. The zero-order chi connectivity index (χ0) is 20.6. The quantitative estimate of drug-likeness (QED) is 0.325. The lowest BCUT2D eigenvalue weighted by molar-refractivity contribution is -0.124. The summed E-state index contributed by atoms with van der Waals surface area (Å²) >= 11 is 7.63. The standard InChI is InChI=1S/C20H26ClN5O2S/c1-2-3-4-5-11-26-18(15-7-9-16(21)10-8-15)23-24-20(26)29-13-6-12-25-17(27)14-22-19(25)28/h7-10H,2-6,11-14H2,1H3,(H,22,28). The molecule has 9 heteroatoms. The van der Waals surface area contributed by atoms with Crippen molar-refractivity contribution in [1.29, 1.82) is 0 Å². The number of rotatable bonds is 11. The summed E-state index contributed by atoms with van der Waals surface area (Å²) in [5.74, 6) is 1.43. The van der Waals surface area contributed by atoms with Crippen LogP contribution in [0.2, 0.25) is 5.02 Å². The fourth-order valence-corrected chi connectivity index (χ4v) is 4.19. The Bertz CT molecular complexity index is 824. The summed E-state index contributed by atoms with van der Waals surface area (Å²) in [6.07, 6.45) is 5.36. The zero-order valence-corrected chi connectivity index (χ0v) is 18.1. The maximum atomic E-state index is 11.7. The fraction of sp³-hybridized carbons (Fsp3) is 0.500. The largest absolute Gasteiger partial charge is 0.329 e. The van der Waals surface area contributed by atoms with Crippen molar-refractivity contribution in [3.63, 3.8) is 0 Å². The highest BCUT2D eigenvalue weighted by Crippen LogP contribution is 2.26. The van der Waals surface area contributed by atoms with E-state index in [2.05, 4.69) is 27.0 Å². The predicted octanol–water partition coefficient (Wildman–Crippen LogP) is 4.21. The summed E-state index contributed by atoms with van der Waals surface area (Å²) in [7, 11) is 0. The maximum absolute atomic E-state index is 11.7. The van der Waals surface area contributed by atoms with E-state index >= 15 is 0 Å². The molecule has 2 heterocycles. The van der Waals surface area contributed by atoms with Crippen LogP contribution in [-0.2, 0) is 11.3 Å². The lowest BCUT2D eigenvalue weighted by Crippen LogP contribution is -2.32. The van der Waals surface area contributed by atoms with Gasteiger partial charge in [-0.25, -0.2) is 4.79 Å². The third kappa shape index (κ3) is 5.73. The van der Waals surface area contributed by atoms with Gasteiger partial charge in [0.25, 0.3) is 0 Å². The molecule has 3 rings (SSSR count). The number of imide groups is 1. The normalized spacial score (nSPS) is 13.9. The van der Waals surface area contributed by atoms with E-state index in [1.165, 1.54) is 24.2 Å². The monoisotopic (exact) mass is 435 g/mol. The number of amides is 3. The van der Waals surface area contributed by atoms with Crippen molar-refractivity contribution in [2.45, 2.75) is 50.7 Å². The Labute approximate surface area is 180 Å². The third-order valence-corrected chi connectivity index (χ3v) is 6.05. The Morgan fingerprint density at radius 2 is 1.86 bits per heavy atom. The van der Waals surface area contributed by atoms with Gasteiger partial charge in [0, 0.05) is 29.4 Å². The molecule has 0 atom stereocenters. The van der Waals surface area contributed by atoms with Gasteiger partial charge in [-0.3, -0.25) is 9.69 Å². The molecule has 1 aromatic heterocycles. The maximum Gasteiger partial charge on any atom is 0.324 e. The van der Waals surface area contributed by atoms with Gasteiger partial charge in [0.2, 0.25) is 5.91 Å². The van der Waals surface area contributed by atoms with E-state index in [0.29, 0.717) is 18.0 Å². The molecule has 1 aliphatic rings. The average molecular weight is 436 g/mol. The Hall–Kier alpha value is -2.06. The molecule has 29 heavy (non-hydrogen) atoms. The molecule has 1 aliphatic heterocycles. The number of thioether (sulfide) groups is 1. The van der Waals surface area contributed by atoms with Crippen LogP contribution >= 0.6 is 23.4 Å². The zero-order valence-electron chi connectivity index (χ0n) is 16.6. The molecule has 0 bridgehead atoms. The number of nitrogens with zero attached hydrogens (tertiary/aromatic N) is 4. The highest BCUT2D eigenvalue weighted by molar-refractivity contribution is 7.99. The third-order valence-electron chi connectivity index (χ3n) is 4.75. The van der Waals surface area contributed by atoms with Gasteiger partial charge in [0.05, 0.1) is 6.54 Å². The minimum absolute atomic E-state index is 0.0997. The number of carbonyl (C=O) groups is 2. The molecule has 0 saturated carbocycles. The Morgan fingerprint density at radius 1 is 1.07 bits per heavy atom. The minimum atomic E-state index is -0.302. The molecule has 1 aromatic carbocycles. The van der Waals surface area contributed by atoms with E-state index in [1.807, 2.05) is 24.3 Å². The SMILES string of the molecule is CCCCCCn1c(SCCCN2C(=O)CNC2=O)nnc1-c1ccc(Cl)cc1. The second-order valence-electron chi connectivity index (χ2n) is 6.93. The summed E-state index contributed by atoms with van der Waals surface area (Å²) in [6, 6.07) is 7.33. The van der Waals surface area contributed by atoms with Crippen LogP contribution in [0.4, 0.5) is 4.79 Å². The van der Waals surface area contributed by atoms with Crippen LogP contribution in [0.1, 0.15) is 39.0 Å². The van der Waals surface area contributed by atoms with E-state index in [1.54, 1.807) is 11.8 Å². The van der Waals surface area contributed by atoms with Crippen LogP contribution in [-0.4, -0.2) is 50.4 Å². The molecule has 1 N–H and O–H groups in total. The molecule has 1 saturated heterocycles. The number of unbranched alkanes of at least 4 members (excludes halogenated alkanes) is 3. The van der Waals surface area contributed by atoms with Crippen LogP contribution in [0.5, 0.6) is 0 Å². The van der Waals surface area contributed by atoms with Gasteiger partial charge in [-0.1, -0.05) is 49.5 Å². The van der Waals surface area contributed by atoms with Crippen molar-refractivity contribution in [3.05, 3.63) is 29.3 Å². The summed E-state index contributed by atoms with van der Waals surface area (Å²) in [5.41, 5.74) is 0.989. The van der Waals surface area contributed by atoms with E-state index in [4.69, 9.17) is 11.6 Å². The van der Waals surface area contributed by atoms with E-state index < -0.39 is 0 Å². The van der Waals surface area contributed by atoms with Crippen molar-refractivity contribution in [2.24, 2.45) is 0 Å². The first kappa shape index (κ1) is 21.6. The number of benzene rings is 1. The number of nitrogens with one attached hydrogen (secondary N) is 1. The van der Waals surface area contributed by atoms with Gasteiger partial charge in [-0.05, 0) is 37.1 Å². The fourth-order valence-electron chi connectivity index (χ4n) is 3.17. The predicted molar refractivity (Wildman–Crippen MR) is 115 cm³/mol. The van der Waals surface area contributed by atoms with E-state index in [9.17, 15) is 9.59 Å². The molecule has 1 fully saturated rings. The van der Waals surface area contributed by atoms with Crippen LogP contribution in [0.15, 0.2) is 29.4 Å². The molecule has 156 valence electrons. The number of hydrogen-bond acceptors (Lipinski definition) is 5. The van der Waals surface area contributed by atoms with Crippen LogP contribution in [0.3, 0.4) is 0 Å². The average Bonchev–Trinajstić information content (AvgIpc) is 3.26. The van der Waals surface area contributed by atoms with Gasteiger partial charge in [0.15, 0.2) is 11.0 Å². The second kappa shape index (κ2) is 10.6. The Kier molecular flexibility index (Phi) is 7.94. The molecule has 0 aliphatic carbocycles. The van der Waals surface area contributed by atoms with E-state index in [-0.39, 0.29) is 18.5 Å². The molecule has 3 amide bonds. The lowest BCUT2D eigenvalue weighted by Gasteiger charge is -2.12. The van der Waals surface area contributed by atoms with Crippen LogP contribution in [0.25, 0.3) is 11.4 Å². The van der Waals surface area contributed by atoms with Crippen LogP contribution in [0, 0.1) is 0 Å². The molecule has 0 unspecified atom stereocenters. The summed E-state index contributed by atoms with van der Waals surface area (Å²) < 4.78 is 2.16. The van der Waals surface area contributed by atoms with Gasteiger partial charge < -0.3 is 9.88 Å². The van der Waals surface area contributed by atoms with Gasteiger partial charge in [-0.15, -0.1) is 10.2 Å². The number of halogens is 1. The highest BCUT2D eigenvalue weighted by atomic mass is 35.5.